The van der Waals surface area contributed by atoms with E-state index in [1.54, 1.807) is 0 Å². The first-order valence-electron chi connectivity index (χ1n) is 16.9. The maximum Gasteiger partial charge on any atom is 0.104 e. The van der Waals surface area contributed by atoms with Gasteiger partial charge >= 0.3 is 0 Å². The zero-order valence-corrected chi connectivity index (χ0v) is 28.6. The molecule has 0 aliphatic carbocycles. The van der Waals surface area contributed by atoms with Crippen LogP contribution >= 0.6 is 0 Å². The lowest BCUT2D eigenvalue weighted by atomic mass is 10.0. The fourth-order valence-electron chi connectivity index (χ4n) is 5.66. The molecule has 1 atom stereocenters. The van der Waals surface area contributed by atoms with Gasteiger partial charge in [-0.3, -0.25) is 0 Å². The highest BCUT2D eigenvalue weighted by molar-refractivity contribution is 4.62. The summed E-state index contributed by atoms with van der Waals surface area (Å²) in [5, 5.41) is 9.72. The molecule has 1 saturated heterocycles. The molecule has 6 heteroatoms. The second-order valence-corrected chi connectivity index (χ2v) is 12.3. The lowest BCUT2D eigenvalue weighted by Crippen LogP contribution is -3.00. The van der Waals surface area contributed by atoms with Crippen LogP contribution in [0.5, 0.6) is 0 Å². The van der Waals surface area contributed by atoms with E-state index in [0.29, 0.717) is 19.8 Å². The van der Waals surface area contributed by atoms with Crippen LogP contribution in [0.4, 0.5) is 0 Å². The zero-order valence-electron chi connectivity index (χ0n) is 26.5. The van der Waals surface area contributed by atoms with Crippen LogP contribution in [0.1, 0.15) is 142 Å². The van der Waals surface area contributed by atoms with E-state index in [0.717, 1.165) is 56.5 Å². The number of quaternary nitrogens is 1. The van der Waals surface area contributed by atoms with Gasteiger partial charge in [0.1, 0.15) is 6.10 Å². The molecule has 0 saturated carbocycles. The molecule has 5 nitrogen and oxygen atoms in total. The Balaban J connectivity index is 0.0000144. The topological polar surface area (TPSA) is 47.9 Å². The molecule has 0 aromatic carbocycles. The summed E-state index contributed by atoms with van der Waals surface area (Å²) in [4.78, 5) is 0. The highest BCUT2D eigenvalue weighted by atomic mass is 127. The molecule has 1 aliphatic rings. The number of aliphatic hydroxyl groups excluding tert-OH is 1. The van der Waals surface area contributed by atoms with Gasteiger partial charge < -0.3 is 47.8 Å². The van der Waals surface area contributed by atoms with E-state index in [9.17, 15) is 5.11 Å². The number of hydrogen-bond donors (Lipinski definition) is 1. The summed E-state index contributed by atoms with van der Waals surface area (Å²) in [6, 6.07) is 0. The van der Waals surface area contributed by atoms with Crippen LogP contribution in [0.2, 0.25) is 0 Å². The number of likely N-dealkylation sites (tertiary alicyclic amines) is 1. The molecule has 0 aromatic rings. The van der Waals surface area contributed by atoms with Crippen molar-refractivity contribution in [2.75, 3.05) is 59.7 Å². The highest BCUT2D eigenvalue weighted by Gasteiger charge is 2.28. The number of unbranched alkanes of at least 4 members (excludes halogenated alkanes) is 16. The summed E-state index contributed by atoms with van der Waals surface area (Å²) in [7, 11) is 2.35. The molecule has 1 rings (SSSR count). The average molecular weight is 670 g/mol. The number of nitrogens with zero attached hydrogens (tertiary/aromatic N) is 1. The van der Waals surface area contributed by atoms with Crippen LogP contribution in [0, 0.1) is 0 Å². The minimum atomic E-state index is -0.0617. The molecule has 0 aromatic heterocycles. The fraction of sp³-hybridized carbons (Fsp3) is 1.00. The second-order valence-electron chi connectivity index (χ2n) is 12.3. The Labute approximate surface area is 261 Å². The number of ether oxygens (including phenoxy) is 3. The Kier molecular flexibility index (Phi) is 29.0. The Morgan fingerprint density at radius 3 is 1.49 bits per heavy atom. The molecule has 1 unspecified atom stereocenters. The zero-order chi connectivity index (χ0) is 27.6. The number of halogens is 1. The van der Waals surface area contributed by atoms with Crippen molar-refractivity contribution in [3.63, 3.8) is 0 Å². The maximum atomic E-state index is 9.72. The Hall–Kier alpha value is 0.530. The molecule has 1 N–H and O–H groups in total. The summed E-state index contributed by atoms with van der Waals surface area (Å²) >= 11 is 0. The van der Waals surface area contributed by atoms with Gasteiger partial charge in [0.25, 0.3) is 0 Å². The van der Waals surface area contributed by atoms with Crippen LogP contribution in [0.25, 0.3) is 0 Å². The van der Waals surface area contributed by atoms with Crippen LogP contribution < -0.4 is 24.0 Å². The lowest BCUT2D eigenvalue weighted by Gasteiger charge is -2.39. The third kappa shape index (κ3) is 24.8. The van der Waals surface area contributed by atoms with E-state index in [2.05, 4.69) is 14.0 Å². The molecule has 1 aliphatic heterocycles. The van der Waals surface area contributed by atoms with Crippen LogP contribution in [0.3, 0.4) is 0 Å². The molecule has 0 bridgehead atoms. The largest absolute Gasteiger partial charge is 1.00 e. The average Bonchev–Trinajstić information content (AvgIpc) is 2.91. The van der Waals surface area contributed by atoms with Gasteiger partial charge in [-0.2, -0.15) is 0 Å². The van der Waals surface area contributed by atoms with Gasteiger partial charge in [-0.05, 0) is 32.6 Å². The third-order valence-corrected chi connectivity index (χ3v) is 8.39. The van der Waals surface area contributed by atoms with E-state index in [1.165, 1.54) is 109 Å². The summed E-state index contributed by atoms with van der Waals surface area (Å²) in [6.07, 6.45) is 26.3. The van der Waals surface area contributed by atoms with Crippen LogP contribution in [-0.2, 0) is 14.2 Å². The highest BCUT2D eigenvalue weighted by Crippen LogP contribution is 2.18. The number of piperidine rings is 1. The molecule has 1 fully saturated rings. The van der Waals surface area contributed by atoms with Crippen molar-refractivity contribution in [2.24, 2.45) is 0 Å². The van der Waals surface area contributed by atoms with Gasteiger partial charge in [0.05, 0.1) is 46.0 Å². The van der Waals surface area contributed by atoms with E-state index < -0.39 is 0 Å². The fourth-order valence-corrected chi connectivity index (χ4v) is 5.66. The first-order chi connectivity index (χ1) is 18.6. The van der Waals surface area contributed by atoms with Crippen LogP contribution in [-0.4, -0.2) is 81.5 Å². The summed E-state index contributed by atoms with van der Waals surface area (Å²) < 4.78 is 18.8. The first kappa shape index (κ1) is 39.5. The summed E-state index contributed by atoms with van der Waals surface area (Å²) in [5.74, 6) is 0. The number of aliphatic hydroxyl groups is 1. The van der Waals surface area contributed by atoms with Crippen molar-refractivity contribution in [1.29, 1.82) is 0 Å². The molecular formula is C33H68INO4. The third-order valence-electron chi connectivity index (χ3n) is 8.39. The number of rotatable bonds is 28. The van der Waals surface area contributed by atoms with Crippen molar-refractivity contribution in [3.8, 4) is 0 Å². The van der Waals surface area contributed by atoms with E-state index in [4.69, 9.17) is 14.2 Å². The van der Waals surface area contributed by atoms with E-state index in [-0.39, 0.29) is 36.2 Å². The van der Waals surface area contributed by atoms with Crippen LogP contribution in [0.15, 0.2) is 0 Å². The molecule has 236 valence electrons. The predicted octanol–water partition coefficient (Wildman–Crippen LogP) is 5.07. The van der Waals surface area contributed by atoms with Crippen molar-refractivity contribution in [2.45, 2.75) is 154 Å². The van der Waals surface area contributed by atoms with Crippen molar-refractivity contribution >= 4 is 0 Å². The lowest BCUT2D eigenvalue weighted by molar-refractivity contribution is -0.915. The molecule has 39 heavy (non-hydrogen) atoms. The van der Waals surface area contributed by atoms with Gasteiger partial charge in [0.2, 0.25) is 0 Å². The smallest absolute Gasteiger partial charge is 0.104 e. The second kappa shape index (κ2) is 28.6. The van der Waals surface area contributed by atoms with Gasteiger partial charge in [0.15, 0.2) is 0 Å². The number of hydrogen-bond acceptors (Lipinski definition) is 4. The monoisotopic (exact) mass is 669 g/mol. The normalized spacial score (nSPS) is 20.2. The molecule has 0 radical (unpaired) electrons. The maximum absolute atomic E-state index is 9.72. The molecular weight excluding hydrogens is 601 g/mol. The first-order valence-corrected chi connectivity index (χ1v) is 16.9. The standard InChI is InChI=1S/C33H68NO4.HI/c1-4-6-7-8-9-10-11-12-13-14-15-16-18-21-28-36-30-33(38-5-2)31-37-29-22-19-17-20-25-34(3)26-23-32(35)24-27-34;/h32-33,35H,4-31H2,1-3H3;1H/q+1;/p-1. The quantitative estimate of drug-likeness (QED) is 0.0719. The van der Waals surface area contributed by atoms with Gasteiger partial charge in [-0.1, -0.05) is 96.8 Å². The van der Waals surface area contributed by atoms with Crippen molar-refractivity contribution in [1.82, 2.24) is 0 Å². The SMILES string of the molecule is CCCCCCCCCCCCCCCCOCC(COCCCCCC[N+]1(C)CCC(O)CC1)OCC.[I-]. The van der Waals surface area contributed by atoms with Gasteiger partial charge in [0, 0.05) is 32.7 Å². The molecule has 0 spiro atoms. The van der Waals surface area contributed by atoms with Gasteiger partial charge in [-0.25, -0.2) is 0 Å². The predicted molar refractivity (Wildman–Crippen MR) is 162 cm³/mol. The Morgan fingerprint density at radius 2 is 1.05 bits per heavy atom. The summed E-state index contributed by atoms with van der Waals surface area (Å²) in [5.41, 5.74) is 0. The minimum absolute atomic E-state index is 0. The molecule has 0 amide bonds. The Bertz CT molecular complexity index is 488. The van der Waals surface area contributed by atoms with Crippen molar-refractivity contribution < 1.29 is 47.8 Å². The van der Waals surface area contributed by atoms with E-state index in [1.807, 2.05) is 6.92 Å². The summed E-state index contributed by atoms with van der Waals surface area (Å²) in [6.45, 7) is 11.5. The van der Waals surface area contributed by atoms with Gasteiger partial charge in [-0.15, -0.1) is 0 Å². The Morgan fingerprint density at radius 1 is 0.641 bits per heavy atom. The van der Waals surface area contributed by atoms with E-state index >= 15 is 0 Å². The molecule has 1 heterocycles. The van der Waals surface area contributed by atoms with Crippen molar-refractivity contribution in [3.05, 3.63) is 0 Å². The minimum Gasteiger partial charge on any atom is -1.00 e.